The fourth-order valence-corrected chi connectivity index (χ4v) is 2.12. The molecule has 0 fully saturated rings. The van der Waals surface area contributed by atoms with Gasteiger partial charge in [-0.05, 0) is 24.1 Å². The minimum atomic E-state index is -1.79. The van der Waals surface area contributed by atoms with Crippen molar-refractivity contribution in [2.24, 2.45) is 0 Å². The standard InChI is InChI=1S/C16H18Cl2O7/c1-3-8(2)14(21)10-4-5-11(13(18)12(10)17)25-16(15(22)23)24-7-9(20)6-19/h4-5,9,16,19-20H,2-3,6-7H2,1H3,(H,22,23). The number of aliphatic carboxylic acids is 1. The number of benzene rings is 1. The molecule has 7 nitrogen and oxygen atoms in total. The maximum Gasteiger partial charge on any atom is 0.373 e. The van der Waals surface area contributed by atoms with Crippen LogP contribution < -0.4 is 4.74 Å². The van der Waals surface area contributed by atoms with Crippen LogP contribution in [0.1, 0.15) is 23.7 Å². The second-order valence-electron chi connectivity index (χ2n) is 4.98. The molecule has 0 saturated heterocycles. The van der Waals surface area contributed by atoms with E-state index < -0.39 is 31.6 Å². The van der Waals surface area contributed by atoms with Gasteiger partial charge in [0.2, 0.25) is 0 Å². The summed E-state index contributed by atoms with van der Waals surface area (Å²) in [5, 5.41) is 26.8. The second-order valence-corrected chi connectivity index (χ2v) is 5.74. The molecule has 138 valence electrons. The largest absolute Gasteiger partial charge is 0.477 e. The topological polar surface area (TPSA) is 113 Å². The van der Waals surface area contributed by atoms with Gasteiger partial charge in [0, 0.05) is 5.56 Å². The Morgan fingerprint density at radius 2 is 1.92 bits per heavy atom. The van der Waals surface area contributed by atoms with Crippen LogP contribution in [0, 0.1) is 0 Å². The third-order valence-corrected chi connectivity index (χ3v) is 3.99. The molecule has 0 aliphatic heterocycles. The Bertz CT molecular complexity index is 660. The molecule has 0 radical (unpaired) electrons. The molecule has 3 N–H and O–H groups in total. The van der Waals surface area contributed by atoms with Crippen molar-refractivity contribution in [3.8, 4) is 5.75 Å². The highest BCUT2D eigenvalue weighted by molar-refractivity contribution is 6.45. The molecule has 0 aliphatic carbocycles. The number of carbonyl (C=O) groups excluding carboxylic acids is 1. The van der Waals surface area contributed by atoms with Crippen molar-refractivity contribution in [3.63, 3.8) is 0 Å². The van der Waals surface area contributed by atoms with Gasteiger partial charge in [0.05, 0.1) is 18.2 Å². The molecule has 0 aliphatic rings. The second kappa shape index (κ2) is 9.74. The van der Waals surface area contributed by atoms with Gasteiger partial charge < -0.3 is 24.8 Å². The summed E-state index contributed by atoms with van der Waals surface area (Å²) >= 11 is 12.1. The first kappa shape index (κ1) is 21.4. The van der Waals surface area contributed by atoms with E-state index in [0.717, 1.165) is 0 Å². The summed E-state index contributed by atoms with van der Waals surface area (Å²) < 4.78 is 10.0. The number of rotatable bonds is 10. The number of ether oxygens (including phenoxy) is 2. The van der Waals surface area contributed by atoms with Crippen molar-refractivity contribution in [1.29, 1.82) is 0 Å². The smallest absolute Gasteiger partial charge is 0.373 e. The first-order valence-corrected chi connectivity index (χ1v) is 7.98. The van der Waals surface area contributed by atoms with Crippen molar-refractivity contribution in [1.82, 2.24) is 0 Å². The monoisotopic (exact) mass is 392 g/mol. The average molecular weight is 393 g/mol. The molecule has 0 heterocycles. The minimum Gasteiger partial charge on any atom is -0.477 e. The van der Waals surface area contributed by atoms with Gasteiger partial charge in [-0.1, -0.05) is 36.7 Å². The third kappa shape index (κ3) is 5.69. The van der Waals surface area contributed by atoms with E-state index in [0.29, 0.717) is 12.0 Å². The number of aliphatic hydroxyl groups is 2. The molecule has 1 aromatic carbocycles. The van der Waals surface area contributed by atoms with E-state index in [1.807, 2.05) is 0 Å². The Morgan fingerprint density at radius 3 is 2.44 bits per heavy atom. The van der Waals surface area contributed by atoms with E-state index in [2.05, 4.69) is 6.58 Å². The van der Waals surface area contributed by atoms with Crippen molar-refractivity contribution < 1.29 is 34.4 Å². The van der Waals surface area contributed by atoms with Crippen LogP contribution in [-0.2, 0) is 9.53 Å². The highest BCUT2D eigenvalue weighted by Gasteiger charge is 2.25. The van der Waals surface area contributed by atoms with Crippen LogP contribution in [0.25, 0.3) is 0 Å². The van der Waals surface area contributed by atoms with Gasteiger partial charge in [0.15, 0.2) is 5.78 Å². The first-order chi connectivity index (χ1) is 11.7. The van der Waals surface area contributed by atoms with Crippen LogP contribution in [0.4, 0.5) is 0 Å². The lowest BCUT2D eigenvalue weighted by molar-refractivity contribution is -0.175. The molecule has 0 spiro atoms. The lowest BCUT2D eigenvalue weighted by Gasteiger charge is -2.18. The predicted octanol–water partition coefficient (Wildman–Crippen LogP) is 2.30. The van der Waals surface area contributed by atoms with E-state index in [9.17, 15) is 14.7 Å². The number of hydrogen-bond acceptors (Lipinski definition) is 6. The Morgan fingerprint density at radius 1 is 1.28 bits per heavy atom. The SMILES string of the molecule is C=C(CC)C(=O)c1ccc(OC(OCC(O)CO)C(=O)O)c(Cl)c1Cl. The van der Waals surface area contributed by atoms with Gasteiger partial charge in [-0.3, -0.25) is 4.79 Å². The summed E-state index contributed by atoms with van der Waals surface area (Å²) in [6.45, 7) is 4.34. The molecule has 0 amide bonds. The number of aliphatic hydroxyl groups excluding tert-OH is 2. The number of carbonyl (C=O) groups is 2. The van der Waals surface area contributed by atoms with E-state index in [1.165, 1.54) is 12.1 Å². The maximum atomic E-state index is 12.1. The van der Waals surface area contributed by atoms with E-state index in [4.69, 9.17) is 42.9 Å². The van der Waals surface area contributed by atoms with Gasteiger partial charge in [-0.25, -0.2) is 4.79 Å². The molecule has 2 atom stereocenters. The van der Waals surface area contributed by atoms with Crippen LogP contribution in [0.5, 0.6) is 5.75 Å². The Hall–Kier alpha value is -1.64. The predicted molar refractivity (Wildman–Crippen MR) is 91.3 cm³/mol. The lowest BCUT2D eigenvalue weighted by atomic mass is 10.0. The van der Waals surface area contributed by atoms with Crippen LogP contribution in [-0.4, -0.2) is 52.7 Å². The number of allylic oxidation sites excluding steroid dienone is 1. The fraction of sp³-hybridized carbons (Fsp3) is 0.375. The van der Waals surface area contributed by atoms with E-state index in [-0.39, 0.29) is 27.1 Å². The van der Waals surface area contributed by atoms with Crippen LogP contribution in [0.3, 0.4) is 0 Å². The number of hydrogen-bond donors (Lipinski definition) is 3. The summed E-state index contributed by atoms with van der Waals surface area (Å²) in [5.74, 6) is -1.97. The van der Waals surface area contributed by atoms with Crippen molar-refractivity contribution in [2.75, 3.05) is 13.2 Å². The quantitative estimate of drug-likeness (QED) is 0.318. The first-order valence-electron chi connectivity index (χ1n) is 7.23. The molecule has 9 heteroatoms. The molecule has 2 unspecified atom stereocenters. The summed E-state index contributed by atoms with van der Waals surface area (Å²) in [4.78, 5) is 23.3. The summed E-state index contributed by atoms with van der Waals surface area (Å²) in [5.41, 5.74) is 0.464. The normalized spacial score (nSPS) is 13.2. The molecule has 1 rings (SSSR count). The van der Waals surface area contributed by atoms with Crippen LogP contribution in [0.2, 0.25) is 10.0 Å². The molecule has 0 bridgehead atoms. The van der Waals surface area contributed by atoms with Gasteiger partial charge in [0.25, 0.3) is 6.29 Å². The number of Topliss-reactive ketones (excluding diaryl/α,β-unsaturated/α-hetero) is 1. The zero-order valence-corrected chi connectivity index (χ0v) is 14.9. The third-order valence-electron chi connectivity index (χ3n) is 3.13. The summed E-state index contributed by atoms with van der Waals surface area (Å²) in [6.07, 6.45) is -2.61. The molecule has 0 aromatic heterocycles. The number of ketones is 1. The zero-order chi connectivity index (χ0) is 19.1. The zero-order valence-electron chi connectivity index (χ0n) is 13.4. The maximum absolute atomic E-state index is 12.1. The Balaban J connectivity index is 3.01. The highest BCUT2D eigenvalue weighted by Crippen LogP contribution is 2.36. The van der Waals surface area contributed by atoms with Crippen LogP contribution >= 0.6 is 23.2 Å². The summed E-state index contributed by atoms with van der Waals surface area (Å²) in [6, 6.07) is 2.63. The Labute approximate surface area is 154 Å². The molecule has 1 aromatic rings. The van der Waals surface area contributed by atoms with E-state index >= 15 is 0 Å². The molecular weight excluding hydrogens is 375 g/mol. The fourth-order valence-electron chi connectivity index (χ4n) is 1.67. The molecule has 0 saturated carbocycles. The number of carboxylic acids is 1. The number of carboxylic acid groups (broad SMARTS) is 1. The highest BCUT2D eigenvalue weighted by atomic mass is 35.5. The van der Waals surface area contributed by atoms with Gasteiger partial charge in [-0.2, -0.15) is 0 Å². The van der Waals surface area contributed by atoms with Gasteiger partial charge >= 0.3 is 5.97 Å². The average Bonchev–Trinajstić information content (AvgIpc) is 2.60. The van der Waals surface area contributed by atoms with Gasteiger partial charge in [-0.15, -0.1) is 0 Å². The van der Waals surface area contributed by atoms with Gasteiger partial charge in [0.1, 0.15) is 16.9 Å². The Kier molecular flexibility index (Phi) is 8.34. The minimum absolute atomic E-state index is 0.0988. The summed E-state index contributed by atoms with van der Waals surface area (Å²) in [7, 11) is 0. The number of halogens is 2. The van der Waals surface area contributed by atoms with Crippen molar-refractivity contribution >= 4 is 35.0 Å². The van der Waals surface area contributed by atoms with Crippen molar-refractivity contribution in [3.05, 3.63) is 39.9 Å². The molecule has 25 heavy (non-hydrogen) atoms. The van der Waals surface area contributed by atoms with Crippen LogP contribution in [0.15, 0.2) is 24.3 Å². The van der Waals surface area contributed by atoms with Crippen molar-refractivity contribution in [2.45, 2.75) is 25.7 Å². The van der Waals surface area contributed by atoms with E-state index in [1.54, 1.807) is 6.92 Å². The lowest BCUT2D eigenvalue weighted by Crippen LogP contribution is -2.34. The molecular formula is C16H18Cl2O7.